The highest BCUT2D eigenvalue weighted by molar-refractivity contribution is 7.89. The van der Waals surface area contributed by atoms with Crippen LogP contribution in [-0.4, -0.2) is 32.9 Å². The van der Waals surface area contributed by atoms with Gasteiger partial charge >= 0.3 is 0 Å². The van der Waals surface area contributed by atoms with Crippen molar-refractivity contribution in [2.45, 2.75) is 51.1 Å². The molecule has 0 saturated carbocycles. The summed E-state index contributed by atoms with van der Waals surface area (Å²) in [5.41, 5.74) is 1.10. The number of rotatable bonds is 7. The van der Waals surface area contributed by atoms with Crippen LogP contribution in [0.25, 0.3) is 0 Å². The monoisotopic (exact) mass is 312 g/mol. The molecule has 0 heterocycles. The van der Waals surface area contributed by atoms with Crippen molar-refractivity contribution in [3.63, 3.8) is 0 Å². The molecule has 0 amide bonds. The molecule has 0 spiro atoms. The third-order valence-electron chi connectivity index (χ3n) is 3.52. The molecule has 0 bridgehead atoms. The Bertz CT molecular complexity index is 536. The van der Waals surface area contributed by atoms with Crippen LogP contribution < -0.4 is 5.32 Å². The molecule has 5 heteroatoms. The van der Waals surface area contributed by atoms with Crippen molar-refractivity contribution in [3.8, 4) is 0 Å². The summed E-state index contributed by atoms with van der Waals surface area (Å²) in [6.45, 7) is 8.71. The Kier molecular flexibility index (Phi) is 6.38. The minimum absolute atomic E-state index is 0.204. The van der Waals surface area contributed by atoms with Gasteiger partial charge in [0.15, 0.2) is 0 Å². The average molecular weight is 312 g/mol. The van der Waals surface area contributed by atoms with Gasteiger partial charge in [0.2, 0.25) is 10.0 Å². The van der Waals surface area contributed by atoms with Crippen LogP contribution in [-0.2, 0) is 10.0 Å². The van der Waals surface area contributed by atoms with Gasteiger partial charge in [-0.1, -0.05) is 26.0 Å². The van der Waals surface area contributed by atoms with Crippen LogP contribution in [0.2, 0.25) is 0 Å². The molecular formula is C16H28N2O2S. The Labute approximate surface area is 129 Å². The second kappa shape index (κ2) is 7.38. The fraction of sp³-hybridized carbons (Fsp3) is 0.625. The molecule has 2 unspecified atom stereocenters. The lowest BCUT2D eigenvalue weighted by atomic mass is 10.0. The van der Waals surface area contributed by atoms with Gasteiger partial charge in [0, 0.05) is 26.2 Å². The lowest BCUT2D eigenvalue weighted by Gasteiger charge is -2.22. The zero-order valence-electron chi connectivity index (χ0n) is 13.9. The Balaban J connectivity index is 2.78. The summed E-state index contributed by atoms with van der Waals surface area (Å²) < 4.78 is 25.3. The van der Waals surface area contributed by atoms with E-state index in [1.54, 1.807) is 26.2 Å². The molecule has 4 nitrogen and oxygen atoms in total. The van der Waals surface area contributed by atoms with Gasteiger partial charge in [0.1, 0.15) is 0 Å². The van der Waals surface area contributed by atoms with Crippen molar-refractivity contribution in [2.24, 2.45) is 5.92 Å². The van der Waals surface area contributed by atoms with Gasteiger partial charge in [-0.15, -0.1) is 0 Å². The van der Waals surface area contributed by atoms with E-state index in [-0.39, 0.29) is 6.04 Å². The maximum atomic E-state index is 12.0. The molecule has 0 aromatic heterocycles. The molecule has 120 valence electrons. The summed E-state index contributed by atoms with van der Waals surface area (Å²) in [5, 5.41) is 3.55. The van der Waals surface area contributed by atoms with Crippen molar-refractivity contribution in [1.29, 1.82) is 0 Å². The molecule has 0 aliphatic rings. The summed E-state index contributed by atoms with van der Waals surface area (Å²) in [5.74, 6) is 0.660. The summed E-state index contributed by atoms with van der Waals surface area (Å²) >= 11 is 0. The molecule has 0 saturated heterocycles. The molecule has 0 fully saturated rings. The van der Waals surface area contributed by atoms with Gasteiger partial charge < -0.3 is 5.32 Å². The first kappa shape index (κ1) is 18.1. The van der Waals surface area contributed by atoms with E-state index >= 15 is 0 Å². The molecule has 1 rings (SSSR count). The first-order chi connectivity index (χ1) is 9.64. The second-order valence-corrected chi connectivity index (χ2v) is 8.43. The number of sulfonamides is 1. The Morgan fingerprint density at radius 2 is 1.57 bits per heavy atom. The molecule has 21 heavy (non-hydrogen) atoms. The van der Waals surface area contributed by atoms with Crippen molar-refractivity contribution in [1.82, 2.24) is 9.62 Å². The number of nitrogens with one attached hydrogen (secondary N) is 1. The van der Waals surface area contributed by atoms with E-state index in [2.05, 4.69) is 33.0 Å². The van der Waals surface area contributed by atoms with Gasteiger partial charge in [-0.25, -0.2) is 12.7 Å². The van der Waals surface area contributed by atoms with Crippen molar-refractivity contribution >= 4 is 10.0 Å². The molecule has 1 aromatic carbocycles. The highest BCUT2D eigenvalue weighted by atomic mass is 32.2. The summed E-state index contributed by atoms with van der Waals surface area (Å²) in [4.78, 5) is 0.332. The lowest BCUT2D eigenvalue weighted by molar-refractivity contribution is 0.406. The third kappa shape index (κ3) is 5.09. The summed E-state index contributed by atoms with van der Waals surface area (Å²) in [7, 11) is -0.260. The van der Waals surface area contributed by atoms with Gasteiger partial charge in [-0.05, 0) is 43.9 Å². The number of hydrogen-bond donors (Lipinski definition) is 1. The zero-order valence-corrected chi connectivity index (χ0v) is 14.7. The van der Waals surface area contributed by atoms with Crippen LogP contribution in [0.5, 0.6) is 0 Å². The maximum Gasteiger partial charge on any atom is 0.242 e. The van der Waals surface area contributed by atoms with Crippen LogP contribution in [0.4, 0.5) is 0 Å². The van der Waals surface area contributed by atoms with E-state index in [4.69, 9.17) is 0 Å². The first-order valence-corrected chi connectivity index (χ1v) is 8.87. The van der Waals surface area contributed by atoms with Gasteiger partial charge in [0.25, 0.3) is 0 Å². The Morgan fingerprint density at radius 3 is 2.00 bits per heavy atom. The zero-order chi connectivity index (χ0) is 16.2. The highest BCUT2D eigenvalue weighted by Gasteiger charge is 2.17. The second-order valence-electron chi connectivity index (χ2n) is 6.28. The Hall–Kier alpha value is -0.910. The number of nitrogens with zero attached hydrogens (tertiary/aromatic N) is 1. The molecule has 0 radical (unpaired) electrons. The largest absolute Gasteiger partial charge is 0.308 e. The fourth-order valence-corrected chi connectivity index (χ4v) is 3.34. The molecule has 0 aliphatic heterocycles. The maximum absolute atomic E-state index is 12.0. The van der Waals surface area contributed by atoms with Crippen LogP contribution in [0, 0.1) is 5.92 Å². The quantitative estimate of drug-likeness (QED) is 0.842. The van der Waals surface area contributed by atoms with Crippen molar-refractivity contribution in [2.75, 3.05) is 14.1 Å². The molecule has 1 N–H and O–H groups in total. The van der Waals surface area contributed by atoms with Gasteiger partial charge in [0.05, 0.1) is 4.90 Å². The molecule has 0 aliphatic carbocycles. The molecule has 2 atom stereocenters. The predicted octanol–water partition coefficient (Wildman–Crippen LogP) is 3.02. The minimum Gasteiger partial charge on any atom is -0.308 e. The fourth-order valence-electron chi connectivity index (χ4n) is 2.44. The summed E-state index contributed by atoms with van der Waals surface area (Å²) in [6.07, 6.45) is 1.12. The normalized spacial score (nSPS) is 15.4. The van der Waals surface area contributed by atoms with Gasteiger partial charge in [-0.3, -0.25) is 0 Å². The average Bonchev–Trinajstić information content (AvgIpc) is 2.37. The molecule has 1 aromatic rings. The highest BCUT2D eigenvalue weighted by Crippen LogP contribution is 2.19. The first-order valence-electron chi connectivity index (χ1n) is 7.43. The van der Waals surface area contributed by atoms with Gasteiger partial charge in [-0.2, -0.15) is 0 Å². The van der Waals surface area contributed by atoms with Crippen LogP contribution >= 0.6 is 0 Å². The van der Waals surface area contributed by atoms with E-state index in [1.165, 1.54) is 4.31 Å². The van der Waals surface area contributed by atoms with Crippen LogP contribution in [0.15, 0.2) is 29.2 Å². The van der Waals surface area contributed by atoms with E-state index in [0.29, 0.717) is 16.9 Å². The van der Waals surface area contributed by atoms with Crippen molar-refractivity contribution < 1.29 is 8.42 Å². The number of benzene rings is 1. The third-order valence-corrected chi connectivity index (χ3v) is 5.35. The van der Waals surface area contributed by atoms with Crippen LogP contribution in [0.1, 0.15) is 45.7 Å². The summed E-state index contributed by atoms with van der Waals surface area (Å²) in [6, 6.07) is 7.76. The van der Waals surface area contributed by atoms with Crippen molar-refractivity contribution in [3.05, 3.63) is 29.8 Å². The number of hydrogen-bond acceptors (Lipinski definition) is 3. The minimum atomic E-state index is -3.35. The topological polar surface area (TPSA) is 49.4 Å². The van der Waals surface area contributed by atoms with E-state index in [9.17, 15) is 8.42 Å². The molecular weight excluding hydrogens is 284 g/mol. The predicted molar refractivity (Wildman–Crippen MR) is 87.8 cm³/mol. The van der Waals surface area contributed by atoms with E-state index in [0.717, 1.165) is 12.0 Å². The SMILES string of the molecule is CC(C)CC(C)NC(C)c1ccc(S(=O)(=O)N(C)C)cc1. The Morgan fingerprint density at radius 1 is 1.05 bits per heavy atom. The van der Waals surface area contributed by atoms with E-state index < -0.39 is 10.0 Å². The standard InChI is InChI=1S/C16H28N2O2S/c1-12(2)11-13(3)17-14(4)15-7-9-16(10-8-15)21(19,20)18(5)6/h7-10,12-14,17H,11H2,1-6H3. The van der Waals surface area contributed by atoms with E-state index in [1.807, 2.05) is 12.1 Å². The van der Waals surface area contributed by atoms with Crippen LogP contribution in [0.3, 0.4) is 0 Å². The smallest absolute Gasteiger partial charge is 0.242 e. The lowest BCUT2D eigenvalue weighted by Crippen LogP contribution is -2.30.